The summed E-state index contributed by atoms with van der Waals surface area (Å²) in [6.45, 7) is 1.87. The first-order chi connectivity index (χ1) is 16.3. The van der Waals surface area contributed by atoms with Crippen LogP contribution in [0.2, 0.25) is 5.02 Å². The zero-order chi connectivity index (χ0) is 26.2. The molecule has 35 heavy (non-hydrogen) atoms. The van der Waals surface area contributed by atoms with Gasteiger partial charge in [0.25, 0.3) is 0 Å². The van der Waals surface area contributed by atoms with Crippen LogP contribution in [-0.4, -0.2) is 30.4 Å². The minimum atomic E-state index is -4.95. The average Bonchev–Trinajstić information content (AvgIpc) is 2.75. The Kier molecular flexibility index (Phi) is 9.63. The molecule has 0 saturated carbocycles. The third kappa shape index (κ3) is 8.85. The first kappa shape index (κ1) is 28.1. The molecule has 0 fully saturated rings. The number of halogens is 7. The van der Waals surface area contributed by atoms with Crippen LogP contribution in [0.15, 0.2) is 48.6 Å². The molecule has 0 heterocycles. The van der Waals surface area contributed by atoms with Crippen molar-refractivity contribution in [2.24, 2.45) is 0 Å². The lowest BCUT2D eigenvalue weighted by molar-refractivity contribution is -0.150. The van der Waals surface area contributed by atoms with Crippen LogP contribution < -0.4 is 4.74 Å². The fourth-order valence-electron chi connectivity index (χ4n) is 2.82. The number of carboxylic acid groups (broad SMARTS) is 1. The molecule has 0 saturated heterocycles. The second-order valence-corrected chi connectivity index (χ2v) is 7.44. The zero-order valence-electron chi connectivity index (χ0n) is 18.1. The van der Waals surface area contributed by atoms with Crippen LogP contribution >= 0.6 is 11.6 Å². The maximum atomic E-state index is 12.9. The molecule has 188 valence electrons. The minimum absolute atomic E-state index is 0.0303. The predicted octanol–water partition coefficient (Wildman–Crippen LogP) is 6.40. The number of aliphatic carboxylic acids is 1. The van der Waals surface area contributed by atoms with Gasteiger partial charge in [-0.3, -0.25) is 0 Å². The third-order valence-electron chi connectivity index (χ3n) is 4.40. The molecular weight excluding hydrogens is 502 g/mol. The number of carboxylic acids is 1. The van der Waals surface area contributed by atoms with E-state index in [0.29, 0.717) is 17.7 Å². The first-order valence-electron chi connectivity index (χ1n) is 10.0. The van der Waals surface area contributed by atoms with Crippen LogP contribution in [0.5, 0.6) is 5.75 Å². The normalized spacial score (nSPS) is 12.8. The van der Waals surface area contributed by atoms with Gasteiger partial charge in [-0.1, -0.05) is 29.5 Å². The van der Waals surface area contributed by atoms with Gasteiger partial charge in [-0.25, -0.2) is 4.79 Å². The van der Waals surface area contributed by atoms with Crippen molar-refractivity contribution in [2.75, 3.05) is 13.2 Å². The van der Waals surface area contributed by atoms with Gasteiger partial charge in [-0.15, -0.1) is 0 Å². The van der Waals surface area contributed by atoms with E-state index < -0.39 is 41.1 Å². The average molecular weight is 521 g/mol. The van der Waals surface area contributed by atoms with Crippen molar-refractivity contribution < 1.29 is 45.7 Å². The summed E-state index contributed by atoms with van der Waals surface area (Å²) in [5, 5.41) is 9.36. The number of hydrogen-bond donors (Lipinski definition) is 1. The number of rotatable bonds is 8. The topological polar surface area (TPSA) is 55.8 Å². The monoisotopic (exact) mass is 520 g/mol. The van der Waals surface area contributed by atoms with E-state index in [1.807, 2.05) is 0 Å². The quantitative estimate of drug-likeness (QED) is 0.323. The van der Waals surface area contributed by atoms with E-state index in [4.69, 9.17) is 26.2 Å². The van der Waals surface area contributed by atoms with Crippen molar-refractivity contribution >= 4 is 17.6 Å². The summed E-state index contributed by atoms with van der Waals surface area (Å²) in [5.74, 6) is 3.79. The van der Waals surface area contributed by atoms with Crippen LogP contribution in [0.25, 0.3) is 0 Å². The van der Waals surface area contributed by atoms with E-state index in [1.54, 1.807) is 13.0 Å². The van der Waals surface area contributed by atoms with Gasteiger partial charge < -0.3 is 14.6 Å². The zero-order valence-corrected chi connectivity index (χ0v) is 18.9. The van der Waals surface area contributed by atoms with E-state index in [0.717, 1.165) is 0 Å². The highest BCUT2D eigenvalue weighted by Crippen LogP contribution is 2.36. The number of alkyl halides is 6. The van der Waals surface area contributed by atoms with Crippen molar-refractivity contribution in [1.29, 1.82) is 0 Å². The van der Waals surface area contributed by atoms with Crippen molar-refractivity contribution in [3.8, 4) is 17.6 Å². The maximum Gasteiger partial charge on any atom is 0.416 e. The van der Waals surface area contributed by atoms with Crippen LogP contribution in [0, 0.1) is 11.8 Å². The van der Waals surface area contributed by atoms with E-state index in [-0.39, 0.29) is 36.5 Å². The molecule has 0 spiro atoms. The Morgan fingerprint density at radius 2 is 1.71 bits per heavy atom. The molecule has 0 aliphatic heterocycles. The smallest absolute Gasteiger partial charge is 0.416 e. The Balaban J connectivity index is 2.03. The summed E-state index contributed by atoms with van der Waals surface area (Å²) in [7, 11) is 0. The molecule has 4 nitrogen and oxygen atoms in total. The SMILES string of the molecule is CCOC(Cc1ccc(OC/C=C\C#Cc2cc(C(F)(F)F)cc(C(F)(F)F)c2)c(Cl)c1)C(=O)O. The second kappa shape index (κ2) is 12.0. The highest BCUT2D eigenvalue weighted by molar-refractivity contribution is 6.32. The summed E-state index contributed by atoms with van der Waals surface area (Å²) in [6, 6.07) is 5.78. The van der Waals surface area contributed by atoms with Crippen LogP contribution in [-0.2, 0) is 28.3 Å². The van der Waals surface area contributed by atoms with E-state index in [1.165, 1.54) is 24.3 Å². The van der Waals surface area contributed by atoms with Gasteiger partial charge in [-0.05, 0) is 55.0 Å². The Morgan fingerprint density at radius 3 is 2.23 bits per heavy atom. The van der Waals surface area contributed by atoms with Crippen LogP contribution in [0.1, 0.15) is 29.2 Å². The predicted molar refractivity (Wildman–Crippen MR) is 116 cm³/mol. The Bertz CT molecular complexity index is 1100. The molecule has 2 aromatic rings. The van der Waals surface area contributed by atoms with Crippen molar-refractivity contribution in [2.45, 2.75) is 31.8 Å². The van der Waals surface area contributed by atoms with Gasteiger partial charge in [0.2, 0.25) is 0 Å². The molecule has 0 amide bonds. The number of benzene rings is 2. The second-order valence-electron chi connectivity index (χ2n) is 7.03. The van der Waals surface area contributed by atoms with E-state index in [2.05, 4.69) is 11.8 Å². The summed E-state index contributed by atoms with van der Waals surface area (Å²) in [6.07, 6.45) is -8.21. The van der Waals surface area contributed by atoms with Crippen molar-refractivity contribution in [3.63, 3.8) is 0 Å². The molecule has 0 aliphatic rings. The highest BCUT2D eigenvalue weighted by Gasteiger charge is 2.36. The third-order valence-corrected chi connectivity index (χ3v) is 4.70. The molecule has 2 rings (SSSR count). The Hall–Kier alpha value is -3.16. The van der Waals surface area contributed by atoms with Crippen molar-refractivity contribution in [3.05, 3.63) is 75.8 Å². The molecule has 0 radical (unpaired) electrons. The number of carbonyl (C=O) groups is 1. The largest absolute Gasteiger partial charge is 0.488 e. The standard InChI is InChI=1S/C24H19ClF6O4/c1-2-34-21(22(32)33)13-16-7-8-20(19(25)12-16)35-9-5-3-4-6-15-10-17(23(26,27)28)14-18(11-15)24(29,30)31/h3,5,7-8,10-12,14,21H,2,9,13H2,1H3,(H,32,33)/b5-3-. The van der Waals surface area contributed by atoms with E-state index >= 15 is 0 Å². The lowest BCUT2D eigenvalue weighted by atomic mass is 10.0. The summed E-state index contributed by atoms with van der Waals surface area (Å²) >= 11 is 6.14. The molecule has 1 atom stereocenters. The Labute approximate surface area is 202 Å². The fourth-order valence-corrected chi connectivity index (χ4v) is 3.08. The summed E-state index contributed by atoms with van der Waals surface area (Å²) in [5.41, 5.74) is -2.72. The molecule has 1 unspecified atom stereocenters. The lowest BCUT2D eigenvalue weighted by Gasteiger charge is -2.13. The lowest BCUT2D eigenvalue weighted by Crippen LogP contribution is -2.26. The fraction of sp³-hybridized carbons (Fsp3) is 0.292. The maximum absolute atomic E-state index is 12.9. The molecule has 1 N–H and O–H groups in total. The molecule has 11 heteroatoms. The van der Waals surface area contributed by atoms with Gasteiger partial charge >= 0.3 is 18.3 Å². The van der Waals surface area contributed by atoms with Crippen LogP contribution in [0.4, 0.5) is 26.3 Å². The minimum Gasteiger partial charge on any atom is -0.488 e. The summed E-state index contributed by atoms with van der Waals surface area (Å²) < 4.78 is 87.9. The molecule has 0 aromatic heterocycles. The molecular formula is C24H19ClF6O4. The van der Waals surface area contributed by atoms with Crippen molar-refractivity contribution in [1.82, 2.24) is 0 Å². The molecule has 0 aliphatic carbocycles. The number of allylic oxidation sites excluding steroid dienone is 1. The van der Waals surface area contributed by atoms with Gasteiger partial charge in [0.1, 0.15) is 12.4 Å². The molecule has 2 aromatic carbocycles. The Morgan fingerprint density at radius 1 is 1.09 bits per heavy atom. The van der Waals surface area contributed by atoms with Gasteiger partial charge in [0, 0.05) is 18.6 Å². The van der Waals surface area contributed by atoms with Gasteiger partial charge in [-0.2, -0.15) is 26.3 Å². The molecule has 0 bridgehead atoms. The van der Waals surface area contributed by atoms with Gasteiger partial charge in [0.05, 0.1) is 16.1 Å². The van der Waals surface area contributed by atoms with E-state index in [9.17, 15) is 31.1 Å². The van der Waals surface area contributed by atoms with Crippen LogP contribution in [0.3, 0.4) is 0 Å². The number of ether oxygens (including phenoxy) is 2. The first-order valence-corrected chi connectivity index (χ1v) is 10.4. The highest BCUT2D eigenvalue weighted by atomic mass is 35.5. The summed E-state index contributed by atoms with van der Waals surface area (Å²) in [4.78, 5) is 11.2. The van der Waals surface area contributed by atoms with Gasteiger partial charge in [0.15, 0.2) is 6.10 Å². The number of hydrogen-bond acceptors (Lipinski definition) is 3.